The predicted octanol–water partition coefficient (Wildman–Crippen LogP) is 5.82. The van der Waals surface area contributed by atoms with Crippen LogP contribution in [0.5, 0.6) is 11.5 Å². The van der Waals surface area contributed by atoms with E-state index in [0.717, 1.165) is 21.0 Å². The maximum Gasteiger partial charge on any atom is 0.264 e. The minimum Gasteiger partial charge on any atom is -0.493 e. The number of anilines is 1. The van der Waals surface area contributed by atoms with Crippen molar-refractivity contribution in [2.75, 3.05) is 25.1 Å². The summed E-state index contributed by atoms with van der Waals surface area (Å²) in [6.07, 6.45) is 0.165. The average Bonchev–Trinajstić information content (AvgIpc) is 3.05. The molecule has 1 N–H and O–H groups in total. The van der Waals surface area contributed by atoms with E-state index < -0.39 is 40.2 Å². The average molecular weight is 676 g/mol. The number of amides is 2. The second-order valence-corrected chi connectivity index (χ2v) is 13.8. The first kappa shape index (κ1) is 35.9. The summed E-state index contributed by atoms with van der Waals surface area (Å²) in [5.74, 6) is -0.920. The highest BCUT2D eigenvalue weighted by Crippen LogP contribution is 2.33. The first-order valence-corrected chi connectivity index (χ1v) is 17.0. The van der Waals surface area contributed by atoms with Gasteiger partial charge in [-0.15, -0.1) is 0 Å². The highest BCUT2D eigenvalue weighted by atomic mass is 32.2. The van der Waals surface area contributed by atoms with Gasteiger partial charge in [0.15, 0.2) is 11.5 Å². The normalized spacial score (nSPS) is 11.9. The first-order valence-electron chi connectivity index (χ1n) is 15.5. The standard InChI is InChI=1S/C37H42FN3O6S/c1-25(2)39-37(43)33(21-28-10-8-7-9-11-28)40(23-29-12-14-30(38)15-13-29)36(42)24-41(31-19-26(3)18-27(4)20-31)48(44,45)32-16-17-34(46-5)35(22-32)47-6/h7-20,22,25,33H,21,23-24H2,1-6H3,(H,39,43)/t33-/m0/s1. The zero-order chi connectivity index (χ0) is 35.0. The first-order chi connectivity index (χ1) is 22.8. The molecule has 2 amide bonds. The molecule has 0 aliphatic rings. The van der Waals surface area contributed by atoms with Crippen LogP contribution in [0.2, 0.25) is 0 Å². The van der Waals surface area contributed by atoms with Crippen LogP contribution in [-0.4, -0.2) is 58.0 Å². The molecule has 0 bridgehead atoms. The summed E-state index contributed by atoms with van der Waals surface area (Å²) < 4.78 is 54.5. The summed E-state index contributed by atoms with van der Waals surface area (Å²) in [6, 6.07) is 23.2. The Morgan fingerprint density at radius 1 is 0.812 bits per heavy atom. The molecule has 0 saturated heterocycles. The number of ether oxygens (including phenoxy) is 2. The fourth-order valence-corrected chi connectivity index (χ4v) is 6.86. The molecule has 254 valence electrons. The van der Waals surface area contributed by atoms with Gasteiger partial charge in [-0.3, -0.25) is 13.9 Å². The Balaban J connectivity index is 1.85. The lowest BCUT2D eigenvalue weighted by atomic mass is 10.0. The minimum absolute atomic E-state index is 0.0702. The number of benzene rings is 4. The molecule has 11 heteroatoms. The summed E-state index contributed by atoms with van der Waals surface area (Å²) >= 11 is 0. The van der Waals surface area contributed by atoms with Crippen molar-refractivity contribution in [2.45, 2.75) is 57.6 Å². The second kappa shape index (κ2) is 15.8. The number of sulfonamides is 1. The maximum atomic E-state index is 14.6. The molecule has 0 radical (unpaired) electrons. The number of halogens is 1. The van der Waals surface area contributed by atoms with Crippen LogP contribution < -0.4 is 19.1 Å². The maximum absolute atomic E-state index is 14.6. The van der Waals surface area contributed by atoms with Crippen LogP contribution in [0.4, 0.5) is 10.1 Å². The molecule has 48 heavy (non-hydrogen) atoms. The summed E-state index contributed by atoms with van der Waals surface area (Å²) in [5, 5.41) is 2.92. The van der Waals surface area contributed by atoms with Crippen molar-refractivity contribution in [3.8, 4) is 11.5 Å². The molecule has 0 aromatic heterocycles. The van der Waals surface area contributed by atoms with Crippen LogP contribution in [0.3, 0.4) is 0 Å². The third-order valence-electron chi connectivity index (χ3n) is 7.68. The molecule has 0 spiro atoms. The van der Waals surface area contributed by atoms with Crippen molar-refractivity contribution in [3.05, 3.63) is 119 Å². The van der Waals surface area contributed by atoms with Gasteiger partial charge in [0, 0.05) is 25.1 Å². The number of carbonyl (C=O) groups is 2. The molecule has 0 aliphatic heterocycles. The Morgan fingerprint density at radius 2 is 1.44 bits per heavy atom. The van der Waals surface area contributed by atoms with Gasteiger partial charge in [0.25, 0.3) is 10.0 Å². The zero-order valence-corrected chi connectivity index (χ0v) is 28.9. The summed E-state index contributed by atoms with van der Waals surface area (Å²) in [7, 11) is -1.52. The number of carbonyl (C=O) groups excluding carboxylic acids is 2. The Morgan fingerprint density at radius 3 is 2.02 bits per heavy atom. The van der Waals surface area contributed by atoms with Crippen molar-refractivity contribution < 1.29 is 31.9 Å². The third kappa shape index (κ3) is 8.92. The van der Waals surface area contributed by atoms with Crippen molar-refractivity contribution in [2.24, 2.45) is 0 Å². The van der Waals surface area contributed by atoms with E-state index in [2.05, 4.69) is 5.32 Å². The Bertz CT molecular complexity index is 1810. The predicted molar refractivity (Wildman–Crippen MR) is 184 cm³/mol. The largest absolute Gasteiger partial charge is 0.493 e. The van der Waals surface area contributed by atoms with Crippen LogP contribution in [0.1, 0.15) is 36.1 Å². The van der Waals surface area contributed by atoms with Gasteiger partial charge in [0.1, 0.15) is 18.4 Å². The molecule has 1 atom stereocenters. The highest BCUT2D eigenvalue weighted by Gasteiger charge is 2.35. The number of methoxy groups -OCH3 is 2. The lowest BCUT2D eigenvalue weighted by Crippen LogP contribution is -2.54. The molecular weight excluding hydrogens is 633 g/mol. The van der Waals surface area contributed by atoms with Crippen LogP contribution in [0.15, 0.2) is 95.9 Å². The van der Waals surface area contributed by atoms with Crippen LogP contribution in [-0.2, 0) is 32.6 Å². The van der Waals surface area contributed by atoms with Gasteiger partial charge in [-0.25, -0.2) is 12.8 Å². The van der Waals surface area contributed by atoms with Crippen LogP contribution in [0, 0.1) is 19.7 Å². The number of nitrogens with one attached hydrogen (secondary N) is 1. The topological polar surface area (TPSA) is 105 Å². The van der Waals surface area contributed by atoms with Crippen LogP contribution in [0.25, 0.3) is 0 Å². The number of nitrogens with zero attached hydrogens (tertiary/aromatic N) is 2. The van der Waals surface area contributed by atoms with Gasteiger partial charge in [0.2, 0.25) is 11.8 Å². The zero-order valence-electron chi connectivity index (χ0n) is 28.1. The van der Waals surface area contributed by atoms with Gasteiger partial charge < -0.3 is 19.7 Å². The van der Waals surface area contributed by atoms with E-state index in [4.69, 9.17) is 9.47 Å². The fraction of sp³-hybridized carbons (Fsp3) is 0.297. The molecule has 4 aromatic carbocycles. The highest BCUT2D eigenvalue weighted by molar-refractivity contribution is 7.92. The summed E-state index contributed by atoms with van der Waals surface area (Å²) in [6.45, 7) is 6.63. The number of rotatable bonds is 14. The molecule has 4 rings (SSSR count). The Kier molecular flexibility index (Phi) is 11.8. The van der Waals surface area contributed by atoms with Crippen LogP contribution >= 0.6 is 0 Å². The second-order valence-electron chi connectivity index (χ2n) is 11.9. The molecule has 9 nitrogen and oxygen atoms in total. The summed E-state index contributed by atoms with van der Waals surface area (Å²) in [4.78, 5) is 29.7. The smallest absolute Gasteiger partial charge is 0.264 e. The molecule has 0 heterocycles. The quantitative estimate of drug-likeness (QED) is 0.181. The van der Waals surface area contributed by atoms with E-state index in [9.17, 15) is 22.4 Å². The lowest BCUT2D eigenvalue weighted by molar-refractivity contribution is -0.140. The third-order valence-corrected chi connectivity index (χ3v) is 9.45. The number of aryl methyl sites for hydroxylation is 2. The number of hydrogen-bond acceptors (Lipinski definition) is 6. The van der Waals surface area contributed by atoms with E-state index >= 15 is 0 Å². The molecular formula is C37H42FN3O6S. The number of hydrogen-bond donors (Lipinski definition) is 1. The van der Waals surface area contributed by atoms with Gasteiger partial charge in [-0.05, 0) is 86.3 Å². The van der Waals surface area contributed by atoms with Gasteiger partial charge in [-0.1, -0.05) is 48.5 Å². The van der Waals surface area contributed by atoms with E-state index in [1.165, 1.54) is 61.6 Å². The Labute approximate surface area is 282 Å². The SMILES string of the molecule is COc1ccc(S(=O)(=O)N(CC(=O)N(Cc2ccc(F)cc2)[C@@H](Cc2ccccc2)C(=O)NC(C)C)c2cc(C)cc(C)c2)cc1OC. The van der Waals surface area contributed by atoms with E-state index in [1.807, 2.05) is 64.1 Å². The minimum atomic E-state index is -4.38. The monoisotopic (exact) mass is 675 g/mol. The van der Waals surface area contributed by atoms with Crippen molar-refractivity contribution >= 4 is 27.5 Å². The molecule has 0 fully saturated rings. The summed E-state index contributed by atoms with van der Waals surface area (Å²) in [5.41, 5.74) is 3.25. The molecule has 0 aliphatic carbocycles. The van der Waals surface area contributed by atoms with Gasteiger partial charge in [-0.2, -0.15) is 0 Å². The fourth-order valence-electron chi connectivity index (χ4n) is 5.45. The Hall–Kier alpha value is -4.90. The van der Waals surface area contributed by atoms with E-state index in [-0.39, 0.29) is 35.3 Å². The molecule has 0 unspecified atom stereocenters. The van der Waals surface area contributed by atoms with Crippen molar-refractivity contribution in [1.29, 1.82) is 0 Å². The van der Waals surface area contributed by atoms with Gasteiger partial charge in [0.05, 0.1) is 24.8 Å². The lowest BCUT2D eigenvalue weighted by Gasteiger charge is -2.34. The van der Waals surface area contributed by atoms with Crippen molar-refractivity contribution in [1.82, 2.24) is 10.2 Å². The van der Waals surface area contributed by atoms with E-state index in [1.54, 1.807) is 12.1 Å². The van der Waals surface area contributed by atoms with Crippen molar-refractivity contribution in [3.63, 3.8) is 0 Å². The molecule has 4 aromatic rings. The van der Waals surface area contributed by atoms with Gasteiger partial charge >= 0.3 is 0 Å². The van der Waals surface area contributed by atoms with E-state index in [0.29, 0.717) is 11.3 Å². The molecule has 0 saturated carbocycles.